The molecule has 2 N–H and O–H groups in total. The van der Waals surface area contributed by atoms with Gasteiger partial charge in [-0.2, -0.15) is 13.2 Å². The lowest BCUT2D eigenvalue weighted by Crippen LogP contribution is -2.13. The third kappa shape index (κ3) is 3.31. The van der Waals surface area contributed by atoms with Crippen LogP contribution in [0.1, 0.15) is 47.6 Å². The molecule has 130 valence electrons. The van der Waals surface area contributed by atoms with E-state index in [1.165, 1.54) is 12.1 Å². The van der Waals surface area contributed by atoms with Crippen LogP contribution in [0.25, 0.3) is 5.70 Å². The molecule has 1 aliphatic heterocycles. The smallest absolute Gasteiger partial charge is 0.398 e. The first-order valence-electron chi connectivity index (χ1n) is 8.10. The van der Waals surface area contributed by atoms with Gasteiger partial charge >= 0.3 is 6.18 Å². The number of aliphatic imine (C=N–C) groups is 1. The van der Waals surface area contributed by atoms with Gasteiger partial charge in [-0.25, -0.2) is 0 Å². The van der Waals surface area contributed by atoms with Crippen molar-refractivity contribution in [2.24, 2.45) is 10.7 Å². The van der Waals surface area contributed by atoms with Crippen LogP contribution in [-0.4, -0.2) is 12.3 Å². The topological polar surface area (TPSA) is 38.4 Å². The van der Waals surface area contributed by atoms with E-state index in [4.69, 9.17) is 5.73 Å². The predicted molar refractivity (Wildman–Crippen MR) is 94.6 cm³/mol. The van der Waals surface area contributed by atoms with Crippen molar-refractivity contribution in [3.8, 4) is 0 Å². The fourth-order valence-corrected chi connectivity index (χ4v) is 3.03. The van der Waals surface area contributed by atoms with Crippen LogP contribution in [0.3, 0.4) is 0 Å². The third-order valence-corrected chi connectivity index (χ3v) is 4.31. The molecule has 2 nitrogen and oxygen atoms in total. The summed E-state index contributed by atoms with van der Waals surface area (Å²) in [6.07, 6.45) is -2.54. The summed E-state index contributed by atoms with van der Waals surface area (Å²) in [5, 5.41) is 0. The molecule has 0 saturated carbocycles. The molecular formula is C20H19F3N2. The van der Waals surface area contributed by atoms with Crippen molar-refractivity contribution in [1.29, 1.82) is 0 Å². The van der Waals surface area contributed by atoms with E-state index in [0.29, 0.717) is 23.5 Å². The summed E-state index contributed by atoms with van der Waals surface area (Å²) < 4.78 is 39.3. The molecule has 5 heteroatoms. The summed E-state index contributed by atoms with van der Waals surface area (Å²) in [6, 6.07) is 11.4. The third-order valence-electron chi connectivity index (χ3n) is 4.31. The van der Waals surface area contributed by atoms with Crippen LogP contribution in [0.5, 0.6) is 0 Å². The molecule has 0 fully saturated rings. The Kier molecular flexibility index (Phi) is 4.41. The van der Waals surface area contributed by atoms with Gasteiger partial charge in [0.2, 0.25) is 0 Å². The number of fused-ring (bicyclic) bond motifs is 1. The standard InChI is InChI=1S/C20H19F3N2/c1-12(2)17-11-13(20(21,22)23)7-8-16(17)19-15-6-4-3-5-14(15)18(24)9-10-25-19/h3-9,11-12H,10,24H2,1-2H3. The van der Waals surface area contributed by atoms with Crippen LogP contribution in [0.15, 0.2) is 53.5 Å². The number of hydrogen-bond acceptors (Lipinski definition) is 2. The molecule has 25 heavy (non-hydrogen) atoms. The molecule has 0 saturated heterocycles. The molecule has 0 spiro atoms. The molecule has 2 aromatic carbocycles. The molecule has 0 bridgehead atoms. The number of hydrogen-bond donors (Lipinski definition) is 1. The first-order valence-corrected chi connectivity index (χ1v) is 8.10. The number of benzene rings is 2. The average Bonchev–Trinajstić information content (AvgIpc) is 2.73. The minimum atomic E-state index is -4.36. The van der Waals surface area contributed by atoms with E-state index < -0.39 is 11.7 Å². The lowest BCUT2D eigenvalue weighted by molar-refractivity contribution is -0.137. The molecular weight excluding hydrogens is 325 g/mol. The zero-order valence-electron chi connectivity index (χ0n) is 14.1. The number of nitrogens with zero attached hydrogens (tertiary/aromatic N) is 1. The summed E-state index contributed by atoms with van der Waals surface area (Å²) in [6.45, 7) is 4.16. The number of halogens is 3. The van der Waals surface area contributed by atoms with Gasteiger partial charge < -0.3 is 5.73 Å². The molecule has 0 unspecified atom stereocenters. The second kappa shape index (κ2) is 6.39. The quantitative estimate of drug-likeness (QED) is 0.820. The molecule has 0 atom stereocenters. The minimum absolute atomic E-state index is 0.0688. The molecule has 0 radical (unpaired) electrons. The Morgan fingerprint density at radius 2 is 1.68 bits per heavy atom. The van der Waals surface area contributed by atoms with Gasteiger partial charge in [-0.3, -0.25) is 4.99 Å². The van der Waals surface area contributed by atoms with Gasteiger partial charge in [0.25, 0.3) is 0 Å². The summed E-state index contributed by atoms with van der Waals surface area (Å²) >= 11 is 0. The van der Waals surface area contributed by atoms with E-state index in [-0.39, 0.29) is 5.92 Å². The molecule has 0 aromatic heterocycles. The van der Waals surface area contributed by atoms with Crippen molar-refractivity contribution in [2.75, 3.05) is 6.54 Å². The van der Waals surface area contributed by atoms with Gasteiger partial charge in [0, 0.05) is 22.4 Å². The van der Waals surface area contributed by atoms with Gasteiger partial charge in [-0.15, -0.1) is 0 Å². The lowest BCUT2D eigenvalue weighted by atomic mass is 9.88. The maximum absolute atomic E-state index is 13.1. The largest absolute Gasteiger partial charge is 0.416 e. The van der Waals surface area contributed by atoms with Gasteiger partial charge in [0.05, 0.1) is 17.8 Å². The second-order valence-corrected chi connectivity index (χ2v) is 6.35. The van der Waals surface area contributed by atoms with Crippen LogP contribution in [0.4, 0.5) is 13.2 Å². The van der Waals surface area contributed by atoms with Gasteiger partial charge in [0.15, 0.2) is 0 Å². The highest BCUT2D eigenvalue weighted by atomic mass is 19.4. The van der Waals surface area contributed by atoms with Crippen molar-refractivity contribution in [3.05, 3.63) is 76.4 Å². The fraction of sp³-hybridized carbons (Fsp3) is 0.250. The first-order chi connectivity index (χ1) is 11.8. The molecule has 3 rings (SSSR count). The normalized spacial score (nSPS) is 14.6. The zero-order chi connectivity index (χ0) is 18.2. The first kappa shape index (κ1) is 17.3. The highest BCUT2D eigenvalue weighted by Gasteiger charge is 2.32. The van der Waals surface area contributed by atoms with Crippen molar-refractivity contribution in [1.82, 2.24) is 0 Å². The van der Waals surface area contributed by atoms with Crippen LogP contribution in [0, 0.1) is 0 Å². The maximum atomic E-state index is 13.1. The van der Waals surface area contributed by atoms with E-state index in [1.54, 1.807) is 0 Å². The Labute approximate surface area is 144 Å². The molecule has 2 aromatic rings. The van der Waals surface area contributed by atoms with Crippen LogP contribution in [0.2, 0.25) is 0 Å². The SMILES string of the molecule is CC(C)c1cc(C(F)(F)F)ccc1C1=NCC=C(N)c2ccccc21. The van der Waals surface area contributed by atoms with E-state index in [2.05, 4.69) is 4.99 Å². The highest BCUT2D eigenvalue weighted by Crippen LogP contribution is 2.34. The number of rotatable bonds is 2. The molecule has 0 aliphatic carbocycles. The monoisotopic (exact) mass is 344 g/mol. The summed E-state index contributed by atoms with van der Waals surface area (Å²) in [7, 11) is 0. The van der Waals surface area contributed by atoms with E-state index in [9.17, 15) is 13.2 Å². The summed E-state index contributed by atoms with van der Waals surface area (Å²) in [5.74, 6) is -0.0688. The number of alkyl halides is 3. The van der Waals surface area contributed by atoms with Gasteiger partial charge in [-0.05, 0) is 29.7 Å². The number of nitrogens with two attached hydrogens (primary N) is 1. The van der Waals surface area contributed by atoms with E-state index >= 15 is 0 Å². The van der Waals surface area contributed by atoms with Crippen LogP contribution >= 0.6 is 0 Å². The highest BCUT2D eigenvalue weighted by molar-refractivity contribution is 6.16. The fourth-order valence-electron chi connectivity index (χ4n) is 3.03. The van der Waals surface area contributed by atoms with Crippen LogP contribution in [-0.2, 0) is 6.18 Å². The van der Waals surface area contributed by atoms with E-state index in [0.717, 1.165) is 22.8 Å². The second-order valence-electron chi connectivity index (χ2n) is 6.35. The van der Waals surface area contributed by atoms with Crippen LogP contribution < -0.4 is 5.73 Å². The Morgan fingerprint density at radius 1 is 1.00 bits per heavy atom. The Bertz CT molecular complexity index is 861. The van der Waals surface area contributed by atoms with Gasteiger partial charge in [-0.1, -0.05) is 44.2 Å². The Morgan fingerprint density at radius 3 is 2.32 bits per heavy atom. The summed E-state index contributed by atoms with van der Waals surface area (Å²) in [4.78, 5) is 4.60. The Balaban J connectivity index is 2.20. The maximum Gasteiger partial charge on any atom is 0.416 e. The zero-order valence-corrected chi connectivity index (χ0v) is 14.1. The Hall–Kier alpha value is -2.56. The predicted octanol–water partition coefficient (Wildman–Crippen LogP) is 4.98. The average molecular weight is 344 g/mol. The summed E-state index contributed by atoms with van der Waals surface area (Å²) in [5.41, 5.74) is 9.83. The van der Waals surface area contributed by atoms with Crippen molar-refractivity contribution in [2.45, 2.75) is 25.9 Å². The van der Waals surface area contributed by atoms with E-state index in [1.807, 2.05) is 44.2 Å². The van der Waals surface area contributed by atoms with Crippen molar-refractivity contribution >= 4 is 11.4 Å². The minimum Gasteiger partial charge on any atom is -0.398 e. The molecule has 0 amide bonds. The molecule has 1 heterocycles. The lowest BCUT2D eigenvalue weighted by Gasteiger charge is -2.18. The van der Waals surface area contributed by atoms with Gasteiger partial charge in [0.1, 0.15) is 0 Å². The van der Waals surface area contributed by atoms with Crippen molar-refractivity contribution < 1.29 is 13.2 Å². The molecule has 1 aliphatic rings. The van der Waals surface area contributed by atoms with Crippen molar-refractivity contribution in [3.63, 3.8) is 0 Å².